The second kappa shape index (κ2) is 9.31. The van der Waals surface area contributed by atoms with Crippen molar-refractivity contribution in [2.75, 3.05) is 20.1 Å². The van der Waals surface area contributed by atoms with Crippen molar-refractivity contribution in [3.05, 3.63) is 71.3 Å². The second-order valence-electron chi connectivity index (χ2n) is 7.61. The Morgan fingerprint density at radius 3 is 2.31 bits per heavy atom. The van der Waals surface area contributed by atoms with Crippen LogP contribution < -0.4 is 5.32 Å². The van der Waals surface area contributed by atoms with Crippen molar-refractivity contribution in [2.45, 2.75) is 38.1 Å². The molecule has 1 N–H and O–H groups in total. The smallest absolute Gasteiger partial charge is 0.318 e. The predicted octanol–water partition coefficient (Wildman–Crippen LogP) is 4.28. The molecule has 1 fully saturated rings. The first-order valence-corrected chi connectivity index (χ1v) is 9.73. The molecule has 156 valence electrons. The summed E-state index contributed by atoms with van der Waals surface area (Å²) in [5.74, 6) is -0.714. The van der Waals surface area contributed by atoms with Gasteiger partial charge in [-0.2, -0.15) is 0 Å². The number of carbonyl (C=O) groups excluding carboxylic acids is 1. The van der Waals surface area contributed by atoms with E-state index in [4.69, 9.17) is 0 Å². The van der Waals surface area contributed by atoms with Crippen LogP contribution in [0.3, 0.4) is 0 Å². The summed E-state index contributed by atoms with van der Waals surface area (Å²) in [5.41, 5.74) is 1.48. The van der Waals surface area contributed by atoms with Crippen molar-refractivity contribution in [3.8, 4) is 0 Å². The molecule has 1 unspecified atom stereocenters. The number of nitrogens with one attached hydrogen (secondary N) is 1. The third kappa shape index (κ3) is 5.50. The first-order chi connectivity index (χ1) is 13.8. The van der Waals surface area contributed by atoms with E-state index in [-0.39, 0.29) is 30.8 Å². The molecule has 0 aromatic heterocycles. The normalized spacial score (nSPS) is 20.9. The summed E-state index contributed by atoms with van der Waals surface area (Å²) in [5, 5.41) is 2.89. The van der Waals surface area contributed by atoms with E-state index in [0.717, 1.165) is 11.1 Å². The van der Waals surface area contributed by atoms with Gasteiger partial charge in [-0.05, 0) is 55.8 Å². The quantitative estimate of drug-likeness (QED) is 0.806. The Morgan fingerprint density at radius 2 is 1.72 bits per heavy atom. The lowest BCUT2D eigenvalue weighted by Crippen LogP contribution is -2.55. The SMILES string of the molecule is CC(NC(=O)N(Cc1ccc(F)cc1)[C@H]1CCN(C)C[C@H]1F)c1ccc(F)cc1. The third-order valence-corrected chi connectivity index (χ3v) is 5.35. The zero-order valence-electron chi connectivity index (χ0n) is 16.6. The van der Waals surface area contributed by atoms with Gasteiger partial charge in [0.25, 0.3) is 0 Å². The van der Waals surface area contributed by atoms with Gasteiger partial charge in [0.2, 0.25) is 0 Å². The maximum Gasteiger partial charge on any atom is 0.318 e. The van der Waals surface area contributed by atoms with Crippen molar-refractivity contribution in [1.29, 1.82) is 0 Å². The van der Waals surface area contributed by atoms with Gasteiger partial charge in [-0.15, -0.1) is 0 Å². The fraction of sp³-hybridized carbons (Fsp3) is 0.409. The number of hydrogen-bond acceptors (Lipinski definition) is 2. The summed E-state index contributed by atoms with van der Waals surface area (Å²) in [4.78, 5) is 16.5. The summed E-state index contributed by atoms with van der Waals surface area (Å²) in [7, 11) is 1.85. The number of hydrogen-bond donors (Lipinski definition) is 1. The fourth-order valence-corrected chi connectivity index (χ4v) is 3.62. The van der Waals surface area contributed by atoms with E-state index in [1.165, 1.54) is 29.2 Å². The Bertz CT molecular complexity index is 813. The van der Waals surface area contributed by atoms with Gasteiger partial charge in [0.15, 0.2) is 0 Å². The first kappa shape index (κ1) is 21.2. The van der Waals surface area contributed by atoms with Crippen LogP contribution in [0.4, 0.5) is 18.0 Å². The van der Waals surface area contributed by atoms with Crippen molar-refractivity contribution in [2.24, 2.45) is 0 Å². The minimum atomic E-state index is -1.18. The maximum absolute atomic E-state index is 14.8. The zero-order chi connectivity index (χ0) is 21.0. The van der Waals surface area contributed by atoms with Gasteiger partial charge in [-0.1, -0.05) is 24.3 Å². The van der Waals surface area contributed by atoms with E-state index >= 15 is 0 Å². The van der Waals surface area contributed by atoms with Crippen LogP contribution in [-0.2, 0) is 6.54 Å². The summed E-state index contributed by atoms with van der Waals surface area (Å²) in [6.07, 6.45) is -0.668. The molecule has 2 amide bonds. The number of piperidine rings is 1. The third-order valence-electron chi connectivity index (χ3n) is 5.35. The minimum absolute atomic E-state index is 0.178. The van der Waals surface area contributed by atoms with Gasteiger partial charge in [-0.3, -0.25) is 0 Å². The molecule has 1 aliphatic rings. The van der Waals surface area contributed by atoms with E-state index in [1.807, 2.05) is 11.9 Å². The van der Waals surface area contributed by atoms with Crippen molar-refractivity contribution >= 4 is 6.03 Å². The average Bonchev–Trinajstić information content (AvgIpc) is 2.68. The van der Waals surface area contributed by atoms with Gasteiger partial charge in [-0.25, -0.2) is 18.0 Å². The first-order valence-electron chi connectivity index (χ1n) is 9.73. The van der Waals surface area contributed by atoms with E-state index in [1.54, 1.807) is 31.2 Å². The molecule has 1 aliphatic heterocycles. The largest absolute Gasteiger partial charge is 0.331 e. The van der Waals surface area contributed by atoms with Crippen LogP contribution in [0.5, 0.6) is 0 Å². The van der Waals surface area contributed by atoms with Crippen LogP contribution in [0.15, 0.2) is 48.5 Å². The summed E-state index contributed by atoms with van der Waals surface area (Å²) < 4.78 is 41.2. The molecule has 1 saturated heterocycles. The topological polar surface area (TPSA) is 35.6 Å². The monoisotopic (exact) mass is 405 g/mol. The summed E-state index contributed by atoms with van der Waals surface area (Å²) in [6, 6.07) is 10.4. The Balaban J connectivity index is 1.78. The van der Waals surface area contributed by atoms with Gasteiger partial charge < -0.3 is 15.1 Å². The zero-order valence-corrected chi connectivity index (χ0v) is 16.6. The highest BCUT2D eigenvalue weighted by Crippen LogP contribution is 2.23. The summed E-state index contributed by atoms with van der Waals surface area (Å²) >= 11 is 0. The Labute approximate surface area is 169 Å². The molecule has 0 aliphatic carbocycles. The number of carbonyl (C=O) groups is 1. The number of urea groups is 1. The molecule has 0 spiro atoms. The van der Waals surface area contributed by atoms with Crippen LogP contribution in [0.25, 0.3) is 0 Å². The second-order valence-corrected chi connectivity index (χ2v) is 7.61. The molecule has 0 bridgehead atoms. The molecule has 0 radical (unpaired) electrons. The van der Waals surface area contributed by atoms with Gasteiger partial charge in [0.05, 0.1) is 12.1 Å². The fourth-order valence-electron chi connectivity index (χ4n) is 3.62. The molecular weight excluding hydrogens is 379 g/mol. The van der Waals surface area contributed by atoms with Crippen LogP contribution in [-0.4, -0.2) is 48.2 Å². The predicted molar refractivity (Wildman–Crippen MR) is 106 cm³/mol. The van der Waals surface area contributed by atoms with Crippen LogP contribution >= 0.6 is 0 Å². The molecule has 2 aromatic rings. The number of amides is 2. The number of likely N-dealkylation sites (tertiary alicyclic amines) is 1. The molecular formula is C22H26F3N3O. The highest BCUT2D eigenvalue weighted by atomic mass is 19.1. The number of nitrogens with zero attached hydrogens (tertiary/aromatic N) is 2. The van der Waals surface area contributed by atoms with E-state index < -0.39 is 18.2 Å². The maximum atomic E-state index is 14.8. The van der Waals surface area contributed by atoms with E-state index in [2.05, 4.69) is 5.32 Å². The number of rotatable bonds is 5. The molecule has 2 aromatic carbocycles. The van der Waals surface area contributed by atoms with Crippen molar-refractivity contribution < 1.29 is 18.0 Å². The van der Waals surface area contributed by atoms with Crippen molar-refractivity contribution in [3.63, 3.8) is 0 Å². The lowest BCUT2D eigenvalue weighted by Gasteiger charge is -2.40. The standard InChI is InChI=1S/C22H26F3N3O/c1-15(17-5-9-19(24)10-6-17)26-22(29)28(13-16-3-7-18(23)8-4-16)21-11-12-27(2)14-20(21)25/h3-10,15,20-21H,11-14H2,1-2H3,(H,26,29)/t15?,20-,21+/m1/s1. The molecule has 0 saturated carbocycles. The number of alkyl halides is 1. The van der Waals surface area contributed by atoms with Crippen LogP contribution in [0.1, 0.15) is 30.5 Å². The molecule has 3 rings (SSSR count). The highest BCUT2D eigenvalue weighted by molar-refractivity contribution is 5.75. The van der Waals surface area contributed by atoms with Gasteiger partial charge >= 0.3 is 6.03 Å². The lowest BCUT2D eigenvalue weighted by molar-refractivity contribution is 0.0565. The van der Waals surface area contributed by atoms with Crippen molar-refractivity contribution in [1.82, 2.24) is 15.1 Å². The molecule has 29 heavy (non-hydrogen) atoms. The minimum Gasteiger partial charge on any atom is -0.331 e. The van der Waals surface area contributed by atoms with Gasteiger partial charge in [0, 0.05) is 19.6 Å². The molecule has 7 heteroatoms. The Hall–Kier alpha value is -2.54. The average molecular weight is 405 g/mol. The molecule has 4 nitrogen and oxygen atoms in total. The molecule has 1 heterocycles. The van der Waals surface area contributed by atoms with Crippen LogP contribution in [0, 0.1) is 11.6 Å². The van der Waals surface area contributed by atoms with Crippen LogP contribution in [0.2, 0.25) is 0 Å². The van der Waals surface area contributed by atoms with E-state index in [0.29, 0.717) is 13.0 Å². The number of benzene rings is 2. The van der Waals surface area contributed by atoms with E-state index in [9.17, 15) is 18.0 Å². The number of halogens is 3. The molecule has 3 atom stereocenters. The Kier molecular flexibility index (Phi) is 6.79. The lowest BCUT2D eigenvalue weighted by atomic mass is 10.0. The summed E-state index contributed by atoms with van der Waals surface area (Å²) in [6.45, 7) is 2.91. The highest BCUT2D eigenvalue weighted by Gasteiger charge is 2.35. The Morgan fingerprint density at radius 1 is 1.14 bits per heavy atom. The van der Waals surface area contributed by atoms with Gasteiger partial charge in [0.1, 0.15) is 17.8 Å².